The summed E-state index contributed by atoms with van der Waals surface area (Å²) in [6.45, 7) is 6.65. The highest BCUT2D eigenvalue weighted by Crippen LogP contribution is 2.60. The van der Waals surface area contributed by atoms with Crippen molar-refractivity contribution in [2.24, 2.45) is 35.0 Å². The van der Waals surface area contributed by atoms with E-state index in [0.717, 1.165) is 62.1 Å². The maximum absolute atomic E-state index is 13.3. The van der Waals surface area contributed by atoms with Crippen LogP contribution in [0.2, 0.25) is 0 Å². The van der Waals surface area contributed by atoms with Gasteiger partial charge in [-0.25, -0.2) is 0 Å². The van der Waals surface area contributed by atoms with Crippen molar-refractivity contribution in [2.75, 3.05) is 13.1 Å². The van der Waals surface area contributed by atoms with Crippen molar-refractivity contribution in [1.82, 2.24) is 4.90 Å². The first-order chi connectivity index (χ1) is 17.5. The predicted octanol–water partition coefficient (Wildman–Crippen LogP) is 8.00. The summed E-state index contributed by atoms with van der Waals surface area (Å²) in [5.74, 6) is 2.61. The molecule has 3 atom stereocenters. The molecule has 5 saturated carbocycles. The molecule has 1 N–H and O–H groups in total. The number of benzene rings is 1. The zero-order chi connectivity index (χ0) is 26.4. The van der Waals surface area contributed by atoms with Gasteiger partial charge in [0.25, 0.3) is 0 Å². The van der Waals surface area contributed by atoms with E-state index in [1.165, 1.54) is 50.7 Å². The molecular formula is C31H44F3NO2. The minimum Gasteiger partial charge on any atom is -0.481 e. The molecule has 5 aliphatic rings. The number of rotatable bonds is 9. The van der Waals surface area contributed by atoms with Crippen LogP contribution in [0.15, 0.2) is 24.3 Å². The second-order valence-corrected chi connectivity index (χ2v) is 13.6. The molecular weight excluding hydrogens is 475 g/mol. The van der Waals surface area contributed by atoms with Gasteiger partial charge in [0.05, 0.1) is 5.56 Å². The third kappa shape index (κ3) is 6.20. The fourth-order valence-corrected chi connectivity index (χ4v) is 9.09. The van der Waals surface area contributed by atoms with Gasteiger partial charge in [-0.1, -0.05) is 26.0 Å². The van der Waals surface area contributed by atoms with Gasteiger partial charge in [-0.2, -0.15) is 13.2 Å². The topological polar surface area (TPSA) is 40.5 Å². The van der Waals surface area contributed by atoms with Crippen molar-refractivity contribution < 1.29 is 23.1 Å². The summed E-state index contributed by atoms with van der Waals surface area (Å²) >= 11 is 0. The second kappa shape index (κ2) is 10.5. The highest BCUT2D eigenvalue weighted by molar-refractivity contribution is 5.67. The lowest BCUT2D eigenvalue weighted by Gasteiger charge is -2.59. The normalized spacial score (nSPS) is 35.4. The molecule has 206 valence electrons. The third-order valence-corrected chi connectivity index (χ3v) is 10.2. The van der Waals surface area contributed by atoms with Crippen LogP contribution in [0.25, 0.3) is 0 Å². The lowest BCUT2D eigenvalue weighted by molar-refractivity contribution is -0.139. The Kier molecular flexibility index (Phi) is 7.70. The first-order valence-corrected chi connectivity index (χ1v) is 14.6. The number of halogens is 3. The van der Waals surface area contributed by atoms with Gasteiger partial charge in [-0.3, -0.25) is 9.69 Å². The van der Waals surface area contributed by atoms with Crippen LogP contribution in [0.3, 0.4) is 0 Å². The number of aliphatic carboxylic acids is 1. The molecule has 1 aromatic carbocycles. The van der Waals surface area contributed by atoms with Gasteiger partial charge >= 0.3 is 12.1 Å². The van der Waals surface area contributed by atoms with Gasteiger partial charge in [0.2, 0.25) is 0 Å². The lowest BCUT2D eigenvalue weighted by Crippen LogP contribution is -2.54. The highest BCUT2D eigenvalue weighted by atomic mass is 19.4. The molecule has 5 aliphatic carbocycles. The molecule has 4 bridgehead atoms. The van der Waals surface area contributed by atoms with Gasteiger partial charge in [0.1, 0.15) is 0 Å². The maximum Gasteiger partial charge on any atom is 0.416 e. The minimum atomic E-state index is -4.35. The molecule has 3 nitrogen and oxygen atoms in total. The first-order valence-electron chi connectivity index (χ1n) is 14.6. The van der Waals surface area contributed by atoms with Crippen LogP contribution >= 0.6 is 0 Å². The number of alkyl halides is 3. The molecule has 37 heavy (non-hydrogen) atoms. The van der Waals surface area contributed by atoms with E-state index in [-0.39, 0.29) is 24.3 Å². The Morgan fingerprint density at radius 1 is 1.00 bits per heavy atom. The fraction of sp³-hybridized carbons (Fsp3) is 0.774. The predicted molar refractivity (Wildman–Crippen MR) is 139 cm³/mol. The van der Waals surface area contributed by atoms with E-state index < -0.39 is 17.7 Å². The molecule has 6 heteroatoms. The smallest absolute Gasteiger partial charge is 0.416 e. The Morgan fingerprint density at radius 2 is 1.59 bits per heavy atom. The Labute approximate surface area is 220 Å². The Bertz CT molecular complexity index is 905. The summed E-state index contributed by atoms with van der Waals surface area (Å²) in [5.41, 5.74) is 0.720. The van der Waals surface area contributed by atoms with E-state index in [2.05, 4.69) is 18.7 Å². The second-order valence-electron chi connectivity index (χ2n) is 13.6. The Balaban J connectivity index is 1.42. The SMILES string of the molecule is CC(C)CCN(CC12CC3CC(CC(C3)C1)C2)[C@@H]1CCC(CC(=O)O)CC1c1ccc(C(F)(F)F)cc1. The molecule has 1 aromatic rings. The summed E-state index contributed by atoms with van der Waals surface area (Å²) in [5, 5.41) is 9.48. The number of carboxylic acids is 1. The summed E-state index contributed by atoms with van der Waals surface area (Å²) in [7, 11) is 0. The summed E-state index contributed by atoms with van der Waals surface area (Å²) < 4.78 is 39.9. The van der Waals surface area contributed by atoms with Crippen molar-refractivity contribution in [3.05, 3.63) is 35.4 Å². The molecule has 0 radical (unpaired) electrons. The monoisotopic (exact) mass is 519 g/mol. The van der Waals surface area contributed by atoms with Crippen LogP contribution < -0.4 is 0 Å². The van der Waals surface area contributed by atoms with Crippen LogP contribution in [0.5, 0.6) is 0 Å². The van der Waals surface area contributed by atoms with Crippen LogP contribution in [-0.4, -0.2) is 35.1 Å². The Hall–Kier alpha value is -1.56. The zero-order valence-corrected chi connectivity index (χ0v) is 22.5. The van der Waals surface area contributed by atoms with E-state index in [1.54, 1.807) is 12.1 Å². The van der Waals surface area contributed by atoms with Gasteiger partial charge < -0.3 is 5.11 Å². The average molecular weight is 520 g/mol. The largest absolute Gasteiger partial charge is 0.481 e. The van der Waals surface area contributed by atoms with Crippen LogP contribution in [-0.2, 0) is 11.0 Å². The van der Waals surface area contributed by atoms with Gasteiger partial charge in [0, 0.05) is 19.0 Å². The van der Waals surface area contributed by atoms with Crippen molar-refractivity contribution in [3.8, 4) is 0 Å². The minimum absolute atomic E-state index is 0.0708. The molecule has 6 rings (SSSR count). The summed E-state index contributed by atoms with van der Waals surface area (Å²) in [6.07, 6.45) is 7.73. The number of hydrogen-bond acceptors (Lipinski definition) is 2. The van der Waals surface area contributed by atoms with E-state index in [4.69, 9.17) is 0 Å². The highest BCUT2D eigenvalue weighted by Gasteiger charge is 2.52. The fourth-order valence-electron chi connectivity index (χ4n) is 9.09. The number of nitrogens with zero attached hydrogens (tertiary/aromatic N) is 1. The quantitative estimate of drug-likeness (QED) is 0.359. The standard InChI is InChI=1S/C31H44F3NO2/c1-20(2)9-10-35(19-30-16-22-11-23(17-30)13-24(12-22)18-30)28-8-3-21(15-29(36)37)14-27(28)25-4-6-26(7-5-25)31(32,33)34/h4-7,20-24,27-28H,3,8-19H2,1-2H3,(H,36,37)/t21?,22?,23?,24?,27?,28-,30?/m1/s1. The third-order valence-electron chi connectivity index (χ3n) is 10.2. The van der Waals surface area contributed by atoms with Gasteiger partial charge in [0.15, 0.2) is 0 Å². The first kappa shape index (κ1) is 27.0. The Morgan fingerprint density at radius 3 is 2.11 bits per heavy atom. The molecule has 0 saturated heterocycles. The van der Waals surface area contributed by atoms with Crippen LogP contribution in [0.4, 0.5) is 13.2 Å². The van der Waals surface area contributed by atoms with E-state index in [0.29, 0.717) is 11.3 Å². The lowest BCUT2D eigenvalue weighted by atomic mass is 9.49. The van der Waals surface area contributed by atoms with E-state index in [1.807, 2.05) is 0 Å². The number of carbonyl (C=O) groups is 1. The van der Waals surface area contributed by atoms with Crippen molar-refractivity contribution in [1.29, 1.82) is 0 Å². The van der Waals surface area contributed by atoms with Crippen molar-refractivity contribution in [3.63, 3.8) is 0 Å². The molecule has 5 fully saturated rings. The summed E-state index contributed by atoms with van der Waals surface area (Å²) in [6, 6.07) is 6.01. The maximum atomic E-state index is 13.3. The zero-order valence-electron chi connectivity index (χ0n) is 22.5. The molecule has 0 spiro atoms. The molecule has 2 unspecified atom stereocenters. The van der Waals surface area contributed by atoms with Crippen molar-refractivity contribution >= 4 is 5.97 Å². The van der Waals surface area contributed by atoms with E-state index >= 15 is 0 Å². The summed E-state index contributed by atoms with van der Waals surface area (Å²) in [4.78, 5) is 14.3. The van der Waals surface area contributed by atoms with Crippen molar-refractivity contribution in [2.45, 2.75) is 103 Å². The van der Waals surface area contributed by atoms with Gasteiger partial charge in [-0.05, 0) is 129 Å². The molecule has 0 amide bonds. The van der Waals surface area contributed by atoms with E-state index in [9.17, 15) is 23.1 Å². The molecule has 0 aromatic heterocycles. The average Bonchev–Trinajstić information content (AvgIpc) is 2.80. The molecule has 0 aliphatic heterocycles. The number of hydrogen-bond donors (Lipinski definition) is 1. The molecule has 0 heterocycles. The van der Waals surface area contributed by atoms with Gasteiger partial charge in [-0.15, -0.1) is 0 Å². The van der Waals surface area contributed by atoms with Crippen LogP contribution in [0, 0.1) is 35.0 Å². The number of carboxylic acid groups (broad SMARTS) is 1. The van der Waals surface area contributed by atoms with Crippen LogP contribution in [0.1, 0.15) is 102 Å².